The fourth-order valence-electron chi connectivity index (χ4n) is 2.06. The van der Waals surface area contributed by atoms with E-state index in [1.54, 1.807) is 12.1 Å². The van der Waals surface area contributed by atoms with Gasteiger partial charge in [0.2, 0.25) is 0 Å². The summed E-state index contributed by atoms with van der Waals surface area (Å²) in [6, 6.07) is 12.0. The van der Waals surface area contributed by atoms with Gasteiger partial charge in [-0.25, -0.2) is 0 Å². The number of aryl methyl sites for hydroxylation is 1. The molecule has 2 N–H and O–H groups in total. The second-order valence-electron chi connectivity index (χ2n) is 5.22. The van der Waals surface area contributed by atoms with Gasteiger partial charge < -0.3 is 15.1 Å². The normalized spacial score (nSPS) is 14.2. The zero-order valence-corrected chi connectivity index (χ0v) is 11.5. The van der Waals surface area contributed by atoms with E-state index in [2.05, 4.69) is 16.7 Å². The van der Waals surface area contributed by atoms with Gasteiger partial charge in [0.1, 0.15) is 5.76 Å². The lowest BCUT2D eigenvalue weighted by atomic mass is 10.2. The molecular formula is C16H18N2O2. The number of carbonyl (C=O) groups is 1. The van der Waals surface area contributed by atoms with Gasteiger partial charge in [-0.05, 0) is 49.6 Å². The topological polar surface area (TPSA) is 54.3 Å². The molecule has 20 heavy (non-hydrogen) atoms. The number of benzene rings is 1. The van der Waals surface area contributed by atoms with Crippen LogP contribution >= 0.6 is 0 Å². The van der Waals surface area contributed by atoms with Crippen molar-refractivity contribution in [1.29, 1.82) is 0 Å². The molecule has 0 saturated heterocycles. The molecule has 0 radical (unpaired) electrons. The number of rotatable bonds is 5. The number of furan rings is 1. The Bertz CT molecular complexity index is 614. The first-order chi connectivity index (χ1) is 9.70. The minimum absolute atomic E-state index is 0.217. The molecule has 4 nitrogen and oxygen atoms in total. The minimum Gasteiger partial charge on any atom is -0.456 e. The highest BCUT2D eigenvalue weighted by molar-refractivity contribution is 6.02. The molecule has 3 rings (SSSR count). The van der Waals surface area contributed by atoms with E-state index in [4.69, 9.17) is 4.42 Å². The number of hydrogen-bond acceptors (Lipinski definition) is 3. The first-order valence-corrected chi connectivity index (χ1v) is 6.91. The van der Waals surface area contributed by atoms with Gasteiger partial charge in [-0.2, -0.15) is 0 Å². The maximum absolute atomic E-state index is 12.0. The van der Waals surface area contributed by atoms with Crippen LogP contribution in [0.2, 0.25) is 0 Å². The molecule has 0 aliphatic heterocycles. The van der Waals surface area contributed by atoms with Crippen LogP contribution in [0.25, 0.3) is 0 Å². The zero-order chi connectivity index (χ0) is 13.9. The van der Waals surface area contributed by atoms with Crippen molar-refractivity contribution in [2.24, 2.45) is 0 Å². The average molecular weight is 270 g/mol. The van der Waals surface area contributed by atoms with Crippen molar-refractivity contribution in [2.45, 2.75) is 32.4 Å². The predicted molar refractivity (Wildman–Crippen MR) is 77.7 cm³/mol. The van der Waals surface area contributed by atoms with Gasteiger partial charge in [0.25, 0.3) is 5.91 Å². The van der Waals surface area contributed by atoms with Crippen LogP contribution in [0.4, 0.5) is 5.69 Å². The lowest BCUT2D eigenvalue weighted by Crippen LogP contribution is -2.16. The summed E-state index contributed by atoms with van der Waals surface area (Å²) in [6.45, 7) is 2.66. The average Bonchev–Trinajstić information content (AvgIpc) is 3.17. The van der Waals surface area contributed by atoms with E-state index in [9.17, 15) is 4.79 Å². The lowest BCUT2D eigenvalue weighted by molar-refractivity contribution is 0.0995. The first-order valence-electron chi connectivity index (χ1n) is 6.91. The highest BCUT2D eigenvalue weighted by Gasteiger charge is 2.19. The molecule has 2 aromatic rings. The molecule has 4 heteroatoms. The van der Waals surface area contributed by atoms with Crippen molar-refractivity contribution in [3.05, 3.63) is 53.5 Å². The smallest absolute Gasteiger partial charge is 0.291 e. The Morgan fingerprint density at radius 1 is 1.30 bits per heavy atom. The van der Waals surface area contributed by atoms with Crippen LogP contribution in [-0.4, -0.2) is 11.9 Å². The van der Waals surface area contributed by atoms with Crippen molar-refractivity contribution >= 4 is 11.6 Å². The molecule has 0 atom stereocenters. The minimum atomic E-state index is -0.217. The van der Waals surface area contributed by atoms with Gasteiger partial charge >= 0.3 is 0 Å². The summed E-state index contributed by atoms with van der Waals surface area (Å²) in [4.78, 5) is 12.0. The highest BCUT2D eigenvalue weighted by atomic mass is 16.3. The van der Waals surface area contributed by atoms with E-state index in [0.29, 0.717) is 11.8 Å². The van der Waals surface area contributed by atoms with Crippen LogP contribution in [0.5, 0.6) is 0 Å². The molecule has 1 amide bonds. The summed E-state index contributed by atoms with van der Waals surface area (Å²) < 4.78 is 5.31. The summed E-state index contributed by atoms with van der Waals surface area (Å²) in [5.41, 5.74) is 1.96. The molecule has 1 saturated carbocycles. The van der Waals surface area contributed by atoms with E-state index in [0.717, 1.165) is 18.0 Å². The van der Waals surface area contributed by atoms with Gasteiger partial charge in [0.05, 0.1) is 0 Å². The lowest BCUT2D eigenvalue weighted by Gasteiger charge is -2.07. The van der Waals surface area contributed by atoms with E-state index < -0.39 is 0 Å². The number of hydrogen-bond donors (Lipinski definition) is 2. The molecule has 1 fully saturated rings. The molecule has 0 spiro atoms. The van der Waals surface area contributed by atoms with Crippen LogP contribution in [-0.2, 0) is 6.54 Å². The molecule has 0 unspecified atom stereocenters. The van der Waals surface area contributed by atoms with Crippen molar-refractivity contribution in [3.63, 3.8) is 0 Å². The van der Waals surface area contributed by atoms with Gasteiger partial charge in [-0.1, -0.05) is 12.1 Å². The van der Waals surface area contributed by atoms with Crippen LogP contribution in [0.3, 0.4) is 0 Å². The molecule has 1 heterocycles. The molecule has 1 aromatic carbocycles. The summed E-state index contributed by atoms with van der Waals surface area (Å²) in [7, 11) is 0. The molecule has 104 valence electrons. The summed E-state index contributed by atoms with van der Waals surface area (Å²) in [5, 5.41) is 6.31. The summed E-state index contributed by atoms with van der Waals surface area (Å²) in [6.07, 6.45) is 2.54. The highest BCUT2D eigenvalue weighted by Crippen LogP contribution is 2.20. The Morgan fingerprint density at radius 2 is 2.15 bits per heavy atom. The monoisotopic (exact) mass is 270 g/mol. The molecular weight excluding hydrogens is 252 g/mol. The van der Waals surface area contributed by atoms with Gasteiger partial charge in [0, 0.05) is 18.3 Å². The molecule has 1 aliphatic rings. The third kappa shape index (κ3) is 3.27. The van der Waals surface area contributed by atoms with Crippen molar-refractivity contribution < 1.29 is 9.21 Å². The maximum Gasteiger partial charge on any atom is 0.291 e. The first kappa shape index (κ1) is 12.9. The Hall–Kier alpha value is -2.07. The van der Waals surface area contributed by atoms with Crippen molar-refractivity contribution in [3.8, 4) is 0 Å². The number of amides is 1. The predicted octanol–water partition coefficient (Wildman–Crippen LogP) is 3.09. The van der Waals surface area contributed by atoms with Crippen molar-refractivity contribution in [2.75, 3.05) is 5.32 Å². The SMILES string of the molecule is Cc1ccc(C(=O)Nc2cccc(CNC3CC3)c2)o1. The fourth-order valence-corrected chi connectivity index (χ4v) is 2.06. The van der Waals surface area contributed by atoms with Crippen LogP contribution in [0.1, 0.15) is 34.7 Å². The molecule has 0 bridgehead atoms. The molecule has 1 aliphatic carbocycles. The maximum atomic E-state index is 12.0. The van der Waals surface area contributed by atoms with Crippen molar-refractivity contribution in [1.82, 2.24) is 5.32 Å². The van der Waals surface area contributed by atoms with Crippen LogP contribution < -0.4 is 10.6 Å². The standard InChI is InChI=1S/C16H18N2O2/c1-11-5-8-15(20-11)16(19)18-14-4-2-3-12(9-14)10-17-13-6-7-13/h2-5,8-9,13,17H,6-7,10H2,1H3,(H,18,19). The third-order valence-corrected chi connectivity index (χ3v) is 3.32. The van der Waals surface area contributed by atoms with Gasteiger partial charge in [-0.15, -0.1) is 0 Å². The number of nitrogens with one attached hydrogen (secondary N) is 2. The third-order valence-electron chi connectivity index (χ3n) is 3.32. The Morgan fingerprint density at radius 3 is 2.85 bits per heavy atom. The van der Waals surface area contributed by atoms with E-state index >= 15 is 0 Å². The van der Waals surface area contributed by atoms with Gasteiger partial charge in [-0.3, -0.25) is 4.79 Å². The Labute approximate surface area is 118 Å². The quantitative estimate of drug-likeness (QED) is 0.877. The molecule has 1 aromatic heterocycles. The second-order valence-corrected chi connectivity index (χ2v) is 5.22. The second kappa shape index (κ2) is 5.51. The van der Waals surface area contributed by atoms with E-state index in [1.807, 2.05) is 25.1 Å². The number of anilines is 1. The van der Waals surface area contributed by atoms with Gasteiger partial charge in [0.15, 0.2) is 5.76 Å². The largest absolute Gasteiger partial charge is 0.456 e. The fraction of sp³-hybridized carbons (Fsp3) is 0.312. The van der Waals surface area contributed by atoms with E-state index in [-0.39, 0.29) is 5.91 Å². The van der Waals surface area contributed by atoms with E-state index in [1.165, 1.54) is 18.4 Å². The Kier molecular flexibility index (Phi) is 3.56. The number of carbonyl (C=O) groups excluding carboxylic acids is 1. The summed E-state index contributed by atoms with van der Waals surface area (Å²) in [5.74, 6) is 0.854. The van der Waals surface area contributed by atoms with Crippen LogP contribution in [0, 0.1) is 6.92 Å². The zero-order valence-electron chi connectivity index (χ0n) is 11.5. The van der Waals surface area contributed by atoms with Crippen LogP contribution in [0.15, 0.2) is 40.8 Å². The summed E-state index contributed by atoms with van der Waals surface area (Å²) >= 11 is 0. The Balaban J connectivity index is 1.64.